The van der Waals surface area contributed by atoms with Crippen molar-refractivity contribution in [2.45, 2.75) is 6.92 Å². The fraction of sp³-hybridized carbons (Fsp3) is 0.625. The van der Waals surface area contributed by atoms with Crippen LogP contribution < -0.4 is 0 Å². The zero-order chi connectivity index (χ0) is 12.6. The van der Waals surface area contributed by atoms with Gasteiger partial charge in [-0.1, -0.05) is 12.8 Å². The third-order valence-electron chi connectivity index (χ3n) is 1.42. The summed E-state index contributed by atoms with van der Waals surface area (Å²) < 4.78 is 32.3. The minimum Gasteiger partial charge on any atom is -0.385 e. The number of carbonyl (C=O) groups excluding carboxylic acids is 1. The summed E-state index contributed by atoms with van der Waals surface area (Å²) in [4.78, 5) is 10.6. The van der Waals surface area contributed by atoms with Gasteiger partial charge in [-0.25, -0.2) is 4.79 Å². The second-order valence-electron chi connectivity index (χ2n) is 2.52. The van der Waals surface area contributed by atoms with Crippen LogP contribution in [0.2, 0.25) is 0 Å². The fourth-order valence-electron chi connectivity index (χ4n) is 0.717. The number of terminal acetylenes is 1. The van der Waals surface area contributed by atoms with E-state index in [0.717, 1.165) is 4.31 Å². The van der Waals surface area contributed by atoms with Gasteiger partial charge in [-0.3, -0.25) is 0 Å². The van der Waals surface area contributed by atoms with Gasteiger partial charge in [0.1, 0.15) is 19.9 Å². The lowest BCUT2D eigenvalue weighted by atomic mass is 10.7. The van der Waals surface area contributed by atoms with Gasteiger partial charge in [0.2, 0.25) is 0 Å². The van der Waals surface area contributed by atoms with Gasteiger partial charge in [0.25, 0.3) is 0 Å². The Morgan fingerprint density at radius 3 is 2.62 bits per heavy atom. The molecule has 0 aliphatic rings. The highest BCUT2D eigenvalue weighted by molar-refractivity contribution is 7.84. The lowest BCUT2D eigenvalue weighted by Gasteiger charge is -2.18. The highest BCUT2D eigenvalue weighted by atomic mass is 32.2. The first-order chi connectivity index (χ1) is 7.47. The maximum absolute atomic E-state index is 11.4. The lowest BCUT2D eigenvalue weighted by Crippen LogP contribution is -2.36. The summed E-state index contributed by atoms with van der Waals surface area (Å²) in [5.41, 5.74) is 0. The quantitative estimate of drug-likeness (QED) is 0.343. The number of ether oxygens (including phenoxy) is 1. The molecule has 0 radical (unpaired) electrons. The lowest BCUT2D eigenvalue weighted by molar-refractivity contribution is -0.137. The monoisotopic (exact) mass is 251 g/mol. The zero-order valence-electron chi connectivity index (χ0n) is 8.75. The molecular formula is C8H13NO6S. The Kier molecular flexibility index (Phi) is 6.67. The summed E-state index contributed by atoms with van der Waals surface area (Å²) in [5, 5.41) is 8.35. The molecule has 0 spiro atoms. The second-order valence-corrected chi connectivity index (χ2v) is 4.06. The minimum absolute atomic E-state index is 0.0472. The van der Waals surface area contributed by atoms with E-state index in [1.165, 1.54) is 6.92 Å². The molecule has 0 saturated heterocycles. The summed E-state index contributed by atoms with van der Waals surface area (Å²) in [6, 6.07) is 0. The molecule has 0 aliphatic carbocycles. The smallest absolute Gasteiger partial charge is 0.385 e. The fourth-order valence-corrected chi connectivity index (χ4v) is 1.63. The largest absolute Gasteiger partial charge is 0.389 e. The first-order valence-corrected chi connectivity index (χ1v) is 5.68. The van der Waals surface area contributed by atoms with Crippen LogP contribution in [0.1, 0.15) is 6.92 Å². The predicted molar refractivity (Wildman–Crippen MR) is 54.1 cm³/mol. The number of nitrogens with zero attached hydrogens (tertiary/aromatic N) is 1. The summed E-state index contributed by atoms with van der Waals surface area (Å²) in [6.45, 7) is 0.193. The molecule has 0 amide bonds. The van der Waals surface area contributed by atoms with Crippen LogP contribution in [0.15, 0.2) is 0 Å². The molecule has 0 atom stereocenters. The van der Waals surface area contributed by atoms with Gasteiger partial charge < -0.3 is 14.0 Å². The van der Waals surface area contributed by atoms with Crippen molar-refractivity contribution in [3.05, 3.63) is 0 Å². The first-order valence-electron chi connectivity index (χ1n) is 4.32. The van der Waals surface area contributed by atoms with Crippen molar-refractivity contribution >= 4 is 16.3 Å². The van der Waals surface area contributed by atoms with Crippen LogP contribution in [0.5, 0.6) is 0 Å². The standard InChI is InChI=1S/C8H13NO6S/c1-3-5-14-7-9(4-2)16(12,13)15-8(11)6-10/h1,10H,4-7H2,2H3. The average Bonchev–Trinajstić information content (AvgIpc) is 2.23. The van der Waals surface area contributed by atoms with Crippen molar-refractivity contribution in [1.82, 2.24) is 4.31 Å². The van der Waals surface area contributed by atoms with Crippen molar-refractivity contribution in [2.24, 2.45) is 0 Å². The van der Waals surface area contributed by atoms with E-state index >= 15 is 0 Å². The number of carbonyl (C=O) groups is 1. The molecule has 0 rings (SSSR count). The van der Waals surface area contributed by atoms with Gasteiger partial charge in [0.05, 0.1) is 0 Å². The Morgan fingerprint density at radius 2 is 2.19 bits per heavy atom. The highest BCUT2D eigenvalue weighted by Crippen LogP contribution is 2.03. The van der Waals surface area contributed by atoms with Crippen molar-refractivity contribution in [3.8, 4) is 12.3 Å². The second kappa shape index (κ2) is 7.19. The van der Waals surface area contributed by atoms with E-state index in [4.69, 9.17) is 16.3 Å². The maximum Gasteiger partial charge on any atom is 0.389 e. The summed E-state index contributed by atoms with van der Waals surface area (Å²) >= 11 is 0. The molecule has 0 aromatic heterocycles. The number of aliphatic hydroxyl groups is 1. The maximum atomic E-state index is 11.4. The van der Waals surface area contributed by atoms with Crippen LogP contribution in [0.3, 0.4) is 0 Å². The molecule has 0 unspecified atom stereocenters. The Morgan fingerprint density at radius 1 is 1.56 bits per heavy atom. The van der Waals surface area contributed by atoms with E-state index in [2.05, 4.69) is 10.1 Å². The summed E-state index contributed by atoms with van der Waals surface area (Å²) in [6.07, 6.45) is 4.91. The molecule has 0 bridgehead atoms. The van der Waals surface area contributed by atoms with Crippen molar-refractivity contribution < 1.29 is 27.2 Å². The number of rotatable bonds is 7. The normalized spacial score (nSPS) is 11.1. The average molecular weight is 251 g/mol. The molecule has 8 heteroatoms. The summed E-state index contributed by atoms with van der Waals surface area (Å²) in [5.74, 6) is 0.905. The van der Waals surface area contributed by atoms with Gasteiger partial charge in [0, 0.05) is 6.54 Å². The van der Waals surface area contributed by atoms with E-state index in [1.807, 2.05) is 0 Å². The molecule has 0 heterocycles. The van der Waals surface area contributed by atoms with Gasteiger partial charge in [-0.05, 0) is 0 Å². The number of aliphatic hydroxyl groups excluding tert-OH is 1. The van der Waals surface area contributed by atoms with Gasteiger partial charge in [-0.2, -0.15) is 8.42 Å². The molecular weight excluding hydrogens is 238 g/mol. The van der Waals surface area contributed by atoms with Crippen LogP contribution >= 0.6 is 0 Å². The number of hydrogen-bond acceptors (Lipinski definition) is 6. The van der Waals surface area contributed by atoms with Gasteiger partial charge in [-0.15, -0.1) is 10.7 Å². The highest BCUT2D eigenvalue weighted by Gasteiger charge is 2.24. The van der Waals surface area contributed by atoms with Crippen molar-refractivity contribution in [3.63, 3.8) is 0 Å². The Bertz CT molecular complexity index is 357. The SMILES string of the molecule is C#CCOCN(CC)S(=O)(=O)OC(=O)CO. The van der Waals surface area contributed by atoms with Crippen LogP contribution in [-0.2, 0) is 24.0 Å². The van der Waals surface area contributed by atoms with Crippen LogP contribution in [0.25, 0.3) is 0 Å². The third-order valence-corrected chi connectivity index (χ3v) is 2.81. The van der Waals surface area contributed by atoms with Crippen molar-refractivity contribution in [1.29, 1.82) is 0 Å². The topological polar surface area (TPSA) is 93.1 Å². The molecule has 1 N–H and O–H groups in total. The molecule has 16 heavy (non-hydrogen) atoms. The van der Waals surface area contributed by atoms with Crippen LogP contribution in [-0.4, -0.2) is 50.3 Å². The molecule has 0 aliphatic heterocycles. The summed E-state index contributed by atoms with van der Waals surface area (Å²) in [7, 11) is -4.23. The van der Waals surface area contributed by atoms with Gasteiger partial charge in [0.15, 0.2) is 0 Å². The molecule has 7 nitrogen and oxygen atoms in total. The third kappa shape index (κ3) is 5.09. The zero-order valence-corrected chi connectivity index (χ0v) is 9.57. The Hall–Kier alpha value is -1.14. The van der Waals surface area contributed by atoms with Crippen LogP contribution in [0.4, 0.5) is 0 Å². The van der Waals surface area contributed by atoms with E-state index in [9.17, 15) is 13.2 Å². The number of hydrogen-bond donors (Lipinski definition) is 1. The first kappa shape index (κ1) is 14.9. The van der Waals surface area contributed by atoms with Crippen molar-refractivity contribution in [2.75, 3.05) is 26.5 Å². The van der Waals surface area contributed by atoms with Gasteiger partial charge >= 0.3 is 16.3 Å². The van der Waals surface area contributed by atoms with E-state index < -0.39 is 22.9 Å². The van der Waals surface area contributed by atoms with E-state index in [0.29, 0.717) is 0 Å². The molecule has 0 aromatic rings. The molecule has 0 saturated carbocycles. The van der Waals surface area contributed by atoms with Crippen LogP contribution in [0, 0.1) is 12.3 Å². The molecule has 0 fully saturated rings. The minimum atomic E-state index is -4.23. The van der Waals surface area contributed by atoms with E-state index in [1.54, 1.807) is 0 Å². The Balaban J connectivity index is 4.44. The predicted octanol–water partition coefficient (Wildman–Crippen LogP) is -1.30. The molecule has 92 valence electrons. The Labute approximate surface area is 94.2 Å². The van der Waals surface area contributed by atoms with E-state index in [-0.39, 0.29) is 19.9 Å². The molecule has 0 aromatic carbocycles.